The quantitative estimate of drug-likeness (QED) is 0.550. The van der Waals surface area contributed by atoms with E-state index in [1.807, 2.05) is 24.3 Å². The second-order valence-corrected chi connectivity index (χ2v) is 7.49. The van der Waals surface area contributed by atoms with E-state index in [4.69, 9.17) is 34.8 Å². The molecule has 1 nitrogen and oxygen atoms in total. The van der Waals surface area contributed by atoms with Crippen LogP contribution < -0.4 is 5.32 Å². The number of anilines is 1. The Kier molecular flexibility index (Phi) is 3.84. The number of nitrogens with one attached hydrogen (secondary N) is 1. The summed E-state index contributed by atoms with van der Waals surface area (Å²) in [7, 11) is 0. The zero-order valence-corrected chi connectivity index (χ0v) is 14.9. The molecule has 1 heterocycles. The van der Waals surface area contributed by atoms with Crippen LogP contribution in [0.15, 0.2) is 42.5 Å². The van der Waals surface area contributed by atoms with Crippen molar-refractivity contribution >= 4 is 40.5 Å². The summed E-state index contributed by atoms with van der Waals surface area (Å²) < 4.78 is 0. The maximum absolute atomic E-state index is 6.51. The van der Waals surface area contributed by atoms with Gasteiger partial charge in [-0.05, 0) is 43.0 Å². The number of hydrogen-bond donors (Lipinski definition) is 1. The highest BCUT2D eigenvalue weighted by molar-refractivity contribution is 6.36. The highest BCUT2D eigenvalue weighted by Gasteiger charge is 2.40. The number of allylic oxidation sites excluding steroid dienone is 2. The largest absolute Gasteiger partial charge is 0.377 e. The highest BCUT2D eigenvalue weighted by atomic mass is 35.5. The van der Waals surface area contributed by atoms with Crippen molar-refractivity contribution in [2.24, 2.45) is 5.92 Å². The lowest BCUT2D eigenvalue weighted by atomic mass is 9.76. The summed E-state index contributed by atoms with van der Waals surface area (Å²) in [5.41, 5.74) is 4.49. The van der Waals surface area contributed by atoms with Crippen molar-refractivity contribution < 1.29 is 0 Å². The minimum atomic E-state index is 0.0841. The first-order valence-corrected chi connectivity index (χ1v) is 8.87. The summed E-state index contributed by atoms with van der Waals surface area (Å²) >= 11 is 19.5. The standard InChI is InChI=1S/C19H16Cl3N/c1-10-8-9-15(22)16-11-4-2-5-12(11)19(23-18(10)16)17-13(20)6-3-7-14(17)21/h2-4,6-9,11-12,19,23H,5H2,1H3. The van der Waals surface area contributed by atoms with Crippen LogP contribution in [0.1, 0.15) is 35.1 Å². The van der Waals surface area contributed by atoms with Crippen LogP contribution in [0.4, 0.5) is 5.69 Å². The number of fused-ring (bicyclic) bond motifs is 3. The zero-order chi connectivity index (χ0) is 16.1. The van der Waals surface area contributed by atoms with Gasteiger partial charge in [0.05, 0.1) is 6.04 Å². The monoisotopic (exact) mass is 363 g/mol. The number of aryl methyl sites for hydroxylation is 1. The molecule has 0 radical (unpaired) electrons. The van der Waals surface area contributed by atoms with Gasteiger partial charge < -0.3 is 5.32 Å². The normalized spacial score (nSPS) is 25.0. The summed E-state index contributed by atoms with van der Waals surface area (Å²) in [5, 5.41) is 5.93. The minimum Gasteiger partial charge on any atom is -0.377 e. The second-order valence-electron chi connectivity index (χ2n) is 6.26. The zero-order valence-electron chi connectivity index (χ0n) is 12.6. The SMILES string of the molecule is Cc1ccc(Cl)c2c1NC(c1c(Cl)cccc1Cl)C1CC=CC21. The number of halogens is 3. The molecular weight excluding hydrogens is 349 g/mol. The fourth-order valence-corrected chi connectivity index (χ4v) is 4.82. The molecule has 2 aromatic carbocycles. The van der Waals surface area contributed by atoms with Gasteiger partial charge in [-0.3, -0.25) is 0 Å². The van der Waals surface area contributed by atoms with Crippen LogP contribution in [0.5, 0.6) is 0 Å². The van der Waals surface area contributed by atoms with Crippen molar-refractivity contribution in [1.29, 1.82) is 0 Å². The first-order chi connectivity index (χ1) is 11.1. The maximum Gasteiger partial charge on any atom is 0.0583 e. The molecule has 0 bridgehead atoms. The van der Waals surface area contributed by atoms with E-state index >= 15 is 0 Å². The third-order valence-electron chi connectivity index (χ3n) is 4.99. The molecule has 2 aliphatic rings. The molecule has 4 rings (SSSR count). The minimum absolute atomic E-state index is 0.0841. The summed E-state index contributed by atoms with van der Waals surface area (Å²) in [6, 6.07) is 9.82. The first kappa shape index (κ1) is 15.4. The molecule has 3 atom stereocenters. The van der Waals surface area contributed by atoms with Crippen molar-refractivity contribution in [2.75, 3.05) is 5.32 Å². The molecule has 1 aliphatic heterocycles. The van der Waals surface area contributed by atoms with Gasteiger partial charge in [0.25, 0.3) is 0 Å². The van der Waals surface area contributed by atoms with Gasteiger partial charge in [-0.25, -0.2) is 0 Å². The second kappa shape index (κ2) is 5.73. The number of rotatable bonds is 1. The fraction of sp³-hybridized carbons (Fsp3) is 0.263. The van der Waals surface area contributed by atoms with Crippen LogP contribution in [0.25, 0.3) is 0 Å². The van der Waals surface area contributed by atoms with E-state index < -0.39 is 0 Å². The summed E-state index contributed by atoms with van der Waals surface area (Å²) in [5.74, 6) is 0.676. The van der Waals surface area contributed by atoms with Crippen LogP contribution in [0, 0.1) is 12.8 Å². The fourth-order valence-electron chi connectivity index (χ4n) is 3.90. The van der Waals surface area contributed by atoms with Gasteiger partial charge in [-0.15, -0.1) is 0 Å². The van der Waals surface area contributed by atoms with Gasteiger partial charge in [0.2, 0.25) is 0 Å². The van der Waals surface area contributed by atoms with Gasteiger partial charge in [0.1, 0.15) is 0 Å². The lowest BCUT2D eigenvalue weighted by Gasteiger charge is -2.39. The van der Waals surface area contributed by atoms with E-state index in [1.54, 1.807) is 0 Å². The Morgan fingerprint density at radius 2 is 1.65 bits per heavy atom. The molecule has 118 valence electrons. The summed E-state index contributed by atoms with van der Waals surface area (Å²) in [6.07, 6.45) is 5.50. The Hall–Kier alpha value is -1.15. The summed E-state index contributed by atoms with van der Waals surface area (Å²) in [6.45, 7) is 2.10. The van der Waals surface area contributed by atoms with Crippen LogP contribution in [-0.2, 0) is 0 Å². The van der Waals surface area contributed by atoms with Gasteiger partial charge in [-0.2, -0.15) is 0 Å². The lowest BCUT2D eigenvalue weighted by Crippen LogP contribution is -2.30. The predicted molar refractivity (Wildman–Crippen MR) is 99.0 cm³/mol. The predicted octanol–water partition coefficient (Wildman–Crippen LogP) is 6.78. The lowest BCUT2D eigenvalue weighted by molar-refractivity contribution is 0.425. The molecule has 0 saturated carbocycles. The number of benzene rings is 2. The molecule has 3 unspecified atom stereocenters. The van der Waals surface area contributed by atoms with Gasteiger partial charge >= 0.3 is 0 Å². The van der Waals surface area contributed by atoms with E-state index in [1.165, 1.54) is 11.1 Å². The molecule has 23 heavy (non-hydrogen) atoms. The van der Waals surface area contributed by atoms with Crippen molar-refractivity contribution in [3.63, 3.8) is 0 Å². The molecule has 1 N–H and O–H groups in total. The van der Waals surface area contributed by atoms with Gasteiger partial charge in [-0.1, -0.05) is 59.1 Å². The first-order valence-electron chi connectivity index (χ1n) is 7.74. The molecule has 0 fully saturated rings. The topological polar surface area (TPSA) is 12.0 Å². The van der Waals surface area contributed by atoms with E-state index in [-0.39, 0.29) is 6.04 Å². The highest BCUT2D eigenvalue weighted by Crippen LogP contribution is 2.54. The molecule has 2 aromatic rings. The van der Waals surface area contributed by atoms with Crippen molar-refractivity contribution in [3.8, 4) is 0 Å². The van der Waals surface area contributed by atoms with Crippen molar-refractivity contribution in [1.82, 2.24) is 0 Å². The molecule has 0 spiro atoms. The van der Waals surface area contributed by atoms with Crippen LogP contribution in [0.3, 0.4) is 0 Å². The average molecular weight is 365 g/mol. The Morgan fingerprint density at radius 1 is 0.957 bits per heavy atom. The molecular formula is C19H16Cl3N. The third kappa shape index (κ3) is 2.38. The van der Waals surface area contributed by atoms with Gasteiger partial charge in [0, 0.05) is 37.8 Å². The molecule has 0 aromatic heterocycles. The average Bonchev–Trinajstić information content (AvgIpc) is 3.00. The van der Waals surface area contributed by atoms with E-state index in [2.05, 4.69) is 30.5 Å². The molecule has 4 heteroatoms. The third-order valence-corrected chi connectivity index (χ3v) is 5.97. The van der Waals surface area contributed by atoms with Crippen molar-refractivity contribution in [3.05, 3.63) is 74.2 Å². The van der Waals surface area contributed by atoms with E-state index in [0.717, 1.165) is 22.7 Å². The van der Waals surface area contributed by atoms with Gasteiger partial charge in [0.15, 0.2) is 0 Å². The number of hydrogen-bond acceptors (Lipinski definition) is 1. The Bertz CT molecular complexity index is 792. The molecule has 0 saturated heterocycles. The van der Waals surface area contributed by atoms with E-state index in [9.17, 15) is 0 Å². The Labute approximate surface area is 151 Å². The molecule has 1 aliphatic carbocycles. The maximum atomic E-state index is 6.51. The smallest absolute Gasteiger partial charge is 0.0583 e. The van der Waals surface area contributed by atoms with Crippen LogP contribution >= 0.6 is 34.8 Å². The van der Waals surface area contributed by atoms with Crippen molar-refractivity contribution in [2.45, 2.75) is 25.3 Å². The Balaban J connectivity index is 1.90. The Morgan fingerprint density at radius 3 is 2.39 bits per heavy atom. The van der Waals surface area contributed by atoms with E-state index in [0.29, 0.717) is 21.9 Å². The van der Waals surface area contributed by atoms with Crippen LogP contribution in [0.2, 0.25) is 15.1 Å². The summed E-state index contributed by atoms with van der Waals surface area (Å²) in [4.78, 5) is 0. The van der Waals surface area contributed by atoms with Crippen LogP contribution in [-0.4, -0.2) is 0 Å². The molecule has 0 amide bonds.